The summed E-state index contributed by atoms with van der Waals surface area (Å²) in [6.07, 6.45) is -3.47. The molecule has 0 amide bonds. The molecule has 0 radical (unpaired) electrons. The van der Waals surface area contributed by atoms with Crippen molar-refractivity contribution in [1.29, 1.82) is 0 Å². The maximum Gasteiger partial charge on any atom is 0.389 e. The first kappa shape index (κ1) is 15.8. The molecule has 0 aromatic heterocycles. The van der Waals surface area contributed by atoms with Crippen molar-refractivity contribution in [3.05, 3.63) is 0 Å². The highest BCUT2D eigenvalue weighted by molar-refractivity contribution is 4.85. The fraction of sp³-hybridized carbons (Fsp3) is 1.00. The highest BCUT2D eigenvalue weighted by Crippen LogP contribution is 2.24. The van der Waals surface area contributed by atoms with Crippen LogP contribution in [0.4, 0.5) is 13.2 Å². The Kier molecular flexibility index (Phi) is 5.46. The Labute approximate surface area is 108 Å². The highest BCUT2D eigenvalue weighted by atomic mass is 19.4. The lowest BCUT2D eigenvalue weighted by atomic mass is 9.86. The molecular weight excluding hydrogens is 241 g/mol. The Bertz CT molecular complexity index is 246. The van der Waals surface area contributed by atoms with Gasteiger partial charge in [-0.2, -0.15) is 13.2 Å². The summed E-state index contributed by atoms with van der Waals surface area (Å²) in [4.78, 5) is 2.17. The topological polar surface area (TPSA) is 15.3 Å². The maximum atomic E-state index is 12.1. The number of hydrogen-bond acceptors (Lipinski definition) is 2. The molecule has 1 aliphatic heterocycles. The molecule has 1 atom stereocenters. The summed E-state index contributed by atoms with van der Waals surface area (Å²) in [5.74, 6) is 0. The molecule has 2 nitrogen and oxygen atoms in total. The van der Waals surface area contributed by atoms with E-state index in [-0.39, 0.29) is 11.8 Å². The van der Waals surface area contributed by atoms with Crippen LogP contribution in [0.1, 0.15) is 40.0 Å². The molecule has 0 bridgehead atoms. The lowest BCUT2D eigenvalue weighted by molar-refractivity contribution is -0.136. The number of alkyl halides is 3. The average Bonchev–Trinajstić information content (AvgIpc) is 2.40. The van der Waals surface area contributed by atoms with Crippen molar-refractivity contribution < 1.29 is 13.2 Å². The van der Waals surface area contributed by atoms with Gasteiger partial charge in [0, 0.05) is 19.0 Å². The van der Waals surface area contributed by atoms with Crippen LogP contribution in [0.2, 0.25) is 0 Å². The van der Waals surface area contributed by atoms with E-state index in [1.165, 1.54) is 0 Å². The molecule has 0 aliphatic carbocycles. The number of halogens is 3. The van der Waals surface area contributed by atoms with Crippen molar-refractivity contribution >= 4 is 0 Å². The quantitative estimate of drug-likeness (QED) is 0.844. The standard InChI is InChI=1S/C13H25F3N2/c1-12(2,3)11-10-18(9-5-7-17-11)8-4-6-13(14,15)16/h11,17H,4-10H2,1-3H3. The number of rotatable bonds is 3. The van der Waals surface area contributed by atoms with Gasteiger partial charge < -0.3 is 10.2 Å². The van der Waals surface area contributed by atoms with Gasteiger partial charge in [0.05, 0.1) is 0 Å². The van der Waals surface area contributed by atoms with Gasteiger partial charge in [-0.05, 0) is 37.9 Å². The molecule has 1 saturated heterocycles. The predicted molar refractivity (Wildman–Crippen MR) is 67.6 cm³/mol. The van der Waals surface area contributed by atoms with Gasteiger partial charge in [0.25, 0.3) is 0 Å². The first-order valence-corrected chi connectivity index (χ1v) is 6.71. The molecule has 108 valence electrons. The summed E-state index contributed by atoms with van der Waals surface area (Å²) in [5.41, 5.74) is 0.145. The SMILES string of the molecule is CC(C)(C)C1CN(CCCC(F)(F)F)CCCN1. The molecule has 0 spiro atoms. The minimum absolute atomic E-state index is 0.145. The van der Waals surface area contributed by atoms with Crippen LogP contribution in [0.15, 0.2) is 0 Å². The second-order valence-corrected chi connectivity index (χ2v) is 6.25. The Balaban J connectivity index is 2.40. The molecule has 0 aromatic carbocycles. The Morgan fingerprint density at radius 2 is 1.89 bits per heavy atom. The van der Waals surface area contributed by atoms with Crippen molar-refractivity contribution in [3.8, 4) is 0 Å². The zero-order chi connectivity index (χ0) is 13.8. The Morgan fingerprint density at radius 1 is 1.22 bits per heavy atom. The maximum absolute atomic E-state index is 12.1. The lowest BCUT2D eigenvalue weighted by Crippen LogP contribution is -2.46. The van der Waals surface area contributed by atoms with E-state index in [2.05, 4.69) is 31.0 Å². The molecule has 0 aromatic rings. The zero-order valence-electron chi connectivity index (χ0n) is 11.6. The van der Waals surface area contributed by atoms with E-state index in [0.29, 0.717) is 12.6 Å². The molecule has 0 saturated carbocycles. The lowest BCUT2D eigenvalue weighted by Gasteiger charge is -2.33. The number of hydrogen-bond donors (Lipinski definition) is 1. The molecule has 1 rings (SSSR count). The van der Waals surface area contributed by atoms with Crippen LogP contribution >= 0.6 is 0 Å². The van der Waals surface area contributed by atoms with Crippen LogP contribution in [-0.2, 0) is 0 Å². The van der Waals surface area contributed by atoms with Crippen LogP contribution in [0.5, 0.6) is 0 Å². The van der Waals surface area contributed by atoms with Crippen LogP contribution in [0.3, 0.4) is 0 Å². The van der Waals surface area contributed by atoms with Gasteiger partial charge in [-0.15, -0.1) is 0 Å². The summed E-state index contributed by atoms with van der Waals surface area (Å²) in [6, 6.07) is 0.353. The van der Waals surface area contributed by atoms with Crippen LogP contribution in [0, 0.1) is 5.41 Å². The van der Waals surface area contributed by atoms with E-state index in [9.17, 15) is 13.2 Å². The summed E-state index contributed by atoms with van der Waals surface area (Å²) < 4.78 is 36.4. The van der Waals surface area contributed by atoms with E-state index >= 15 is 0 Å². The summed E-state index contributed by atoms with van der Waals surface area (Å²) >= 11 is 0. The minimum Gasteiger partial charge on any atom is -0.312 e. The van der Waals surface area contributed by atoms with Crippen LogP contribution < -0.4 is 5.32 Å². The summed E-state index contributed by atoms with van der Waals surface area (Å²) in [7, 11) is 0. The van der Waals surface area contributed by atoms with Gasteiger partial charge in [0.15, 0.2) is 0 Å². The average molecular weight is 266 g/mol. The van der Waals surface area contributed by atoms with Gasteiger partial charge in [0.2, 0.25) is 0 Å². The monoisotopic (exact) mass is 266 g/mol. The molecule has 1 N–H and O–H groups in total. The van der Waals surface area contributed by atoms with Gasteiger partial charge in [-0.1, -0.05) is 20.8 Å². The predicted octanol–water partition coefficient (Wildman–Crippen LogP) is 3.04. The third-order valence-corrected chi connectivity index (χ3v) is 3.46. The largest absolute Gasteiger partial charge is 0.389 e. The van der Waals surface area contributed by atoms with E-state index in [1.807, 2.05) is 0 Å². The summed E-state index contributed by atoms with van der Waals surface area (Å²) in [5, 5.41) is 3.49. The third-order valence-electron chi connectivity index (χ3n) is 3.46. The smallest absolute Gasteiger partial charge is 0.312 e. The van der Waals surface area contributed by atoms with Crippen molar-refractivity contribution in [2.75, 3.05) is 26.2 Å². The van der Waals surface area contributed by atoms with Gasteiger partial charge in [-0.25, -0.2) is 0 Å². The Hall–Kier alpha value is -0.290. The van der Waals surface area contributed by atoms with Crippen molar-refractivity contribution in [1.82, 2.24) is 10.2 Å². The first-order valence-electron chi connectivity index (χ1n) is 6.71. The van der Waals surface area contributed by atoms with E-state index in [0.717, 1.165) is 26.1 Å². The van der Waals surface area contributed by atoms with E-state index in [4.69, 9.17) is 0 Å². The van der Waals surface area contributed by atoms with Gasteiger partial charge in [0.1, 0.15) is 0 Å². The first-order chi connectivity index (χ1) is 8.18. The van der Waals surface area contributed by atoms with Gasteiger partial charge >= 0.3 is 6.18 Å². The number of nitrogens with zero attached hydrogens (tertiary/aromatic N) is 1. The third kappa shape index (κ3) is 6.05. The molecule has 5 heteroatoms. The van der Waals surface area contributed by atoms with Crippen LogP contribution in [-0.4, -0.2) is 43.3 Å². The molecule has 1 aliphatic rings. The second-order valence-electron chi connectivity index (χ2n) is 6.25. The fourth-order valence-electron chi connectivity index (χ4n) is 2.28. The Morgan fingerprint density at radius 3 is 2.44 bits per heavy atom. The fourth-order valence-corrected chi connectivity index (χ4v) is 2.28. The van der Waals surface area contributed by atoms with Gasteiger partial charge in [-0.3, -0.25) is 0 Å². The zero-order valence-corrected chi connectivity index (χ0v) is 11.6. The second kappa shape index (κ2) is 6.24. The molecular formula is C13H25F3N2. The van der Waals surface area contributed by atoms with E-state index in [1.54, 1.807) is 0 Å². The number of nitrogens with one attached hydrogen (secondary N) is 1. The summed E-state index contributed by atoms with van der Waals surface area (Å²) in [6.45, 7) is 9.77. The van der Waals surface area contributed by atoms with Crippen molar-refractivity contribution in [3.63, 3.8) is 0 Å². The molecule has 1 unspecified atom stereocenters. The van der Waals surface area contributed by atoms with Crippen molar-refractivity contribution in [2.24, 2.45) is 5.41 Å². The normalized spacial score (nSPS) is 24.0. The molecule has 18 heavy (non-hydrogen) atoms. The molecule has 1 heterocycles. The highest BCUT2D eigenvalue weighted by Gasteiger charge is 2.29. The van der Waals surface area contributed by atoms with Crippen molar-refractivity contribution in [2.45, 2.75) is 52.3 Å². The van der Waals surface area contributed by atoms with E-state index < -0.39 is 12.6 Å². The molecule has 1 fully saturated rings. The minimum atomic E-state index is -4.02. The van der Waals surface area contributed by atoms with Crippen LogP contribution in [0.25, 0.3) is 0 Å².